The molecule has 2 aromatic carbocycles. The van der Waals surface area contributed by atoms with E-state index >= 15 is 0 Å². The van der Waals surface area contributed by atoms with Crippen molar-refractivity contribution in [2.24, 2.45) is 0 Å². The summed E-state index contributed by atoms with van der Waals surface area (Å²) in [5, 5.41) is 7.78. The predicted octanol–water partition coefficient (Wildman–Crippen LogP) is 5.19. The number of methoxy groups -OCH3 is 1. The van der Waals surface area contributed by atoms with Crippen molar-refractivity contribution in [2.75, 3.05) is 12.4 Å². The van der Waals surface area contributed by atoms with Crippen LogP contribution in [0.1, 0.15) is 28.7 Å². The van der Waals surface area contributed by atoms with E-state index in [1.54, 1.807) is 20.1 Å². The molecular weight excluding hydrogens is 366 g/mol. The van der Waals surface area contributed by atoms with Gasteiger partial charge < -0.3 is 19.1 Å². The molecule has 2 aromatic heterocycles. The van der Waals surface area contributed by atoms with Gasteiger partial charge in [-0.2, -0.15) is 0 Å². The highest BCUT2D eigenvalue weighted by molar-refractivity contribution is 6.03. The number of anilines is 1. The van der Waals surface area contributed by atoms with E-state index in [-0.39, 0.29) is 11.6 Å². The van der Waals surface area contributed by atoms with Crippen molar-refractivity contribution in [1.82, 2.24) is 9.72 Å². The van der Waals surface area contributed by atoms with Gasteiger partial charge in [0.05, 0.1) is 12.8 Å². The van der Waals surface area contributed by atoms with Gasteiger partial charge in [-0.15, -0.1) is 0 Å². The van der Waals surface area contributed by atoms with Gasteiger partial charge in [0.15, 0.2) is 5.69 Å². The van der Waals surface area contributed by atoms with Crippen molar-refractivity contribution in [2.45, 2.75) is 27.3 Å². The second kappa shape index (κ2) is 7.47. The summed E-state index contributed by atoms with van der Waals surface area (Å²) in [5.41, 5.74) is 5.62. The summed E-state index contributed by atoms with van der Waals surface area (Å²) in [5.74, 6) is 1.16. The standard InChI is InChI=1S/C23H23N3O3/c1-5-26-21-11-10-18(28-4)13-19(21)15(3)22(26)16-6-8-17(9-7-16)24-23(27)20-12-14(2)29-25-20/h6-13H,5H2,1-4H3,(H,24,27). The van der Waals surface area contributed by atoms with Crippen LogP contribution in [0.3, 0.4) is 0 Å². The maximum atomic E-state index is 12.3. The maximum absolute atomic E-state index is 12.3. The van der Waals surface area contributed by atoms with Gasteiger partial charge in [0.2, 0.25) is 0 Å². The number of nitrogens with zero attached hydrogens (tertiary/aromatic N) is 2. The fraction of sp³-hybridized carbons (Fsp3) is 0.217. The van der Waals surface area contributed by atoms with Crippen LogP contribution in [-0.4, -0.2) is 22.7 Å². The number of ether oxygens (including phenoxy) is 1. The second-order valence-corrected chi connectivity index (χ2v) is 6.96. The van der Waals surface area contributed by atoms with E-state index in [4.69, 9.17) is 9.26 Å². The summed E-state index contributed by atoms with van der Waals surface area (Å²) in [6.45, 7) is 6.88. The van der Waals surface area contributed by atoms with Crippen LogP contribution in [0.15, 0.2) is 53.1 Å². The number of hydrogen-bond acceptors (Lipinski definition) is 4. The van der Waals surface area contributed by atoms with Crippen LogP contribution in [0.4, 0.5) is 5.69 Å². The molecule has 1 amide bonds. The molecule has 0 saturated carbocycles. The van der Waals surface area contributed by atoms with E-state index in [0.717, 1.165) is 17.9 Å². The van der Waals surface area contributed by atoms with Crippen LogP contribution in [-0.2, 0) is 6.54 Å². The number of nitrogens with one attached hydrogen (secondary N) is 1. The van der Waals surface area contributed by atoms with E-state index in [1.807, 2.05) is 30.3 Å². The number of aromatic nitrogens is 2. The summed E-state index contributed by atoms with van der Waals surface area (Å²) in [4.78, 5) is 12.3. The number of carbonyl (C=O) groups is 1. The highest BCUT2D eigenvalue weighted by Gasteiger charge is 2.16. The summed E-state index contributed by atoms with van der Waals surface area (Å²) in [6, 6.07) is 15.6. The first kappa shape index (κ1) is 18.8. The molecule has 6 heteroatoms. The lowest BCUT2D eigenvalue weighted by Crippen LogP contribution is -2.12. The number of benzene rings is 2. The van der Waals surface area contributed by atoms with Crippen LogP contribution >= 0.6 is 0 Å². The Labute approximate surface area is 169 Å². The number of amides is 1. The molecule has 6 nitrogen and oxygen atoms in total. The van der Waals surface area contributed by atoms with Crippen molar-refractivity contribution in [3.05, 3.63) is 65.5 Å². The molecule has 0 spiro atoms. The molecule has 0 bridgehead atoms. The molecule has 0 aliphatic rings. The zero-order valence-electron chi connectivity index (χ0n) is 16.9. The number of hydrogen-bond donors (Lipinski definition) is 1. The van der Waals surface area contributed by atoms with E-state index in [0.29, 0.717) is 11.4 Å². The first-order chi connectivity index (χ1) is 14.0. The molecular formula is C23H23N3O3. The molecule has 29 heavy (non-hydrogen) atoms. The minimum absolute atomic E-state index is 0.266. The van der Waals surface area contributed by atoms with Crippen LogP contribution < -0.4 is 10.1 Å². The molecule has 4 aromatic rings. The van der Waals surface area contributed by atoms with Gasteiger partial charge >= 0.3 is 0 Å². The Balaban J connectivity index is 1.67. The molecule has 0 fully saturated rings. The van der Waals surface area contributed by atoms with Crippen molar-refractivity contribution in [3.8, 4) is 17.0 Å². The number of rotatable bonds is 5. The van der Waals surface area contributed by atoms with Gasteiger partial charge in [0.25, 0.3) is 5.91 Å². The third-order valence-electron chi connectivity index (χ3n) is 5.12. The summed E-state index contributed by atoms with van der Waals surface area (Å²) >= 11 is 0. The molecule has 0 atom stereocenters. The Bertz CT molecular complexity index is 1190. The molecule has 4 rings (SSSR count). The topological polar surface area (TPSA) is 69.3 Å². The van der Waals surface area contributed by atoms with Gasteiger partial charge in [-0.3, -0.25) is 4.79 Å². The molecule has 2 heterocycles. The molecule has 1 N–H and O–H groups in total. The molecule has 0 aliphatic heterocycles. The monoisotopic (exact) mass is 389 g/mol. The Hall–Kier alpha value is -3.54. The van der Waals surface area contributed by atoms with E-state index in [1.165, 1.54) is 22.2 Å². The minimum Gasteiger partial charge on any atom is -0.497 e. The first-order valence-electron chi connectivity index (χ1n) is 9.53. The van der Waals surface area contributed by atoms with Crippen LogP contribution in [0.25, 0.3) is 22.2 Å². The summed E-state index contributed by atoms with van der Waals surface area (Å²) < 4.78 is 12.7. The molecule has 0 saturated heterocycles. The Morgan fingerprint density at radius 3 is 2.52 bits per heavy atom. The van der Waals surface area contributed by atoms with Gasteiger partial charge in [0, 0.05) is 29.2 Å². The van der Waals surface area contributed by atoms with E-state index in [9.17, 15) is 4.79 Å². The summed E-state index contributed by atoms with van der Waals surface area (Å²) in [6.07, 6.45) is 0. The highest BCUT2D eigenvalue weighted by Crippen LogP contribution is 2.35. The minimum atomic E-state index is -0.291. The third kappa shape index (κ3) is 3.38. The van der Waals surface area contributed by atoms with Crippen molar-refractivity contribution >= 4 is 22.5 Å². The maximum Gasteiger partial charge on any atom is 0.277 e. The number of carbonyl (C=O) groups excluding carboxylic acids is 1. The Kier molecular flexibility index (Phi) is 4.84. The molecule has 0 aliphatic carbocycles. The van der Waals surface area contributed by atoms with Gasteiger partial charge in [-0.25, -0.2) is 0 Å². The molecule has 0 radical (unpaired) electrons. The van der Waals surface area contributed by atoms with Crippen LogP contribution in [0, 0.1) is 13.8 Å². The smallest absolute Gasteiger partial charge is 0.277 e. The zero-order valence-corrected chi connectivity index (χ0v) is 16.9. The average molecular weight is 389 g/mol. The van der Waals surface area contributed by atoms with Crippen molar-refractivity contribution < 1.29 is 14.1 Å². The quantitative estimate of drug-likeness (QED) is 0.510. The van der Waals surface area contributed by atoms with Crippen molar-refractivity contribution in [1.29, 1.82) is 0 Å². The van der Waals surface area contributed by atoms with Crippen molar-refractivity contribution in [3.63, 3.8) is 0 Å². The Morgan fingerprint density at radius 2 is 1.90 bits per heavy atom. The SMILES string of the molecule is CCn1c(-c2ccc(NC(=O)c3cc(C)on3)cc2)c(C)c2cc(OC)ccc21. The fourth-order valence-electron chi connectivity index (χ4n) is 3.71. The van der Waals surface area contributed by atoms with Crippen LogP contribution in [0.2, 0.25) is 0 Å². The third-order valence-corrected chi connectivity index (χ3v) is 5.12. The lowest BCUT2D eigenvalue weighted by atomic mass is 10.1. The highest BCUT2D eigenvalue weighted by atomic mass is 16.5. The van der Waals surface area contributed by atoms with Gasteiger partial charge in [-0.05, 0) is 62.2 Å². The predicted molar refractivity (Wildman–Crippen MR) is 114 cm³/mol. The lowest BCUT2D eigenvalue weighted by Gasteiger charge is -2.10. The lowest BCUT2D eigenvalue weighted by molar-refractivity contribution is 0.101. The normalized spacial score (nSPS) is 11.0. The number of fused-ring (bicyclic) bond motifs is 1. The van der Waals surface area contributed by atoms with Gasteiger partial charge in [-0.1, -0.05) is 17.3 Å². The average Bonchev–Trinajstić information content (AvgIpc) is 3.29. The fourth-order valence-corrected chi connectivity index (χ4v) is 3.71. The second-order valence-electron chi connectivity index (χ2n) is 6.96. The Morgan fingerprint density at radius 1 is 1.14 bits per heavy atom. The molecule has 0 unspecified atom stereocenters. The zero-order chi connectivity index (χ0) is 20.5. The van der Waals surface area contributed by atoms with Gasteiger partial charge in [0.1, 0.15) is 11.5 Å². The van der Waals surface area contributed by atoms with E-state index in [2.05, 4.69) is 41.0 Å². The largest absolute Gasteiger partial charge is 0.497 e. The first-order valence-corrected chi connectivity index (χ1v) is 9.53. The van der Waals surface area contributed by atoms with E-state index < -0.39 is 0 Å². The van der Waals surface area contributed by atoms with Crippen LogP contribution in [0.5, 0.6) is 5.75 Å². The summed E-state index contributed by atoms with van der Waals surface area (Å²) in [7, 11) is 1.68. The molecule has 148 valence electrons. The number of aryl methyl sites for hydroxylation is 3.